The molecule has 0 aliphatic heterocycles. The van der Waals surface area contributed by atoms with Crippen molar-refractivity contribution < 1.29 is 9.53 Å². The van der Waals surface area contributed by atoms with Gasteiger partial charge in [0.15, 0.2) is 5.57 Å². The Balaban J connectivity index is 2.30. The number of para-hydroxylation sites is 1. The Hall–Kier alpha value is -4.28. The van der Waals surface area contributed by atoms with Gasteiger partial charge in [0.1, 0.15) is 29.7 Å². The van der Waals surface area contributed by atoms with E-state index in [-0.39, 0.29) is 16.8 Å². The minimum absolute atomic E-state index is 0.224. The van der Waals surface area contributed by atoms with Gasteiger partial charge >= 0.3 is 0 Å². The predicted molar refractivity (Wildman–Crippen MR) is 99.5 cm³/mol. The van der Waals surface area contributed by atoms with Crippen LogP contribution in [0.25, 0.3) is 0 Å². The summed E-state index contributed by atoms with van der Waals surface area (Å²) in [5.41, 5.74) is 0.514. The summed E-state index contributed by atoms with van der Waals surface area (Å²) in [7, 11) is 0. The van der Waals surface area contributed by atoms with Crippen molar-refractivity contribution in [2.45, 2.75) is 6.92 Å². The van der Waals surface area contributed by atoms with Gasteiger partial charge in [-0.3, -0.25) is 4.79 Å². The molecule has 0 saturated carbocycles. The van der Waals surface area contributed by atoms with E-state index in [1.54, 1.807) is 66.7 Å². The van der Waals surface area contributed by atoms with Gasteiger partial charge in [-0.25, -0.2) is 0 Å². The average molecular weight is 357 g/mol. The van der Waals surface area contributed by atoms with Crippen LogP contribution in [-0.2, 0) is 0 Å². The highest BCUT2D eigenvalue weighted by molar-refractivity contribution is 6.08. The lowest BCUT2D eigenvalue weighted by atomic mass is 10.1. The number of ether oxygens (including phenoxy) is 1. The van der Waals surface area contributed by atoms with E-state index >= 15 is 0 Å². The minimum atomic E-state index is -0.417. The number of anilines is 2. The van der Waals surface area contributed by atoms with Crippen molar-refractivity contribution in [1.82, 2.24) is 0 Å². The molecule has 7 heteroatoms. The van der Waals surface area contributed by atoms with Crippen LogP contribution < -0.4 is 15.4 Å². The summed E-state index contributed by atoms with van der Waals surface area (Å²) >= 11 is 0. The maximum Gasteiger partial charge on any atom is 0.257 e. The number of carbonyl (C=O) groups excluding carboxylic acids is 1. The number of nitriles is 3. The van der Waals surface area contributed by atoms with E-state index in [2.05, 4.69) is 10.6 Å². The molecular formula is C20H15N5O2. The van der Waals surface area contributed by atoms with Gasteiger partial charge in [0.2, 0.25) is 0 Å². The highest BCUT2D eigenvalue weighted by Crippen LogP contribution is 2.22. The molecule has 0 aliphatic rings. The summed E-state index contributed by atoms with van der Waals surface area (Å²) in [5.74, 6) is 0.212. The summed E-state index contributed by atoms with van der Waals surface area (Å²) in [6.45, 7) is 2.37. The van der Waals surface area contributed by atoms with Crippen LogP contribution in [0.2, 0.25) is 0 Å². The molecule has 27 heavy (non-hydrogen) atoms. The zero-order chi connectivity index (χ0) is 19.6. The summed E-state index contributed by atoms with van der Waals surface area (Å²) < 4.78 is 5.41. The van der Waals surface area contributed by atoms with Crippen LogP contribution in [0.5, 0.6) is 5.75 Å². The number of hydrogen-bond donors (Lipinski definition) is 2. The maximum absolute atomic E-state index is 12.7. The van der Waals surface area contributed by atoms with E-state index in [9.17, 15) is 10.1 Å². The Kier molecular flexibility index (Phi) is 6.54. The Bertz CT molecular complexity index is 990. The summed E-state index contributed by atoms with van der Waals surface area (Å²) in [4.78, 5) is 12.7. The lowest BCUT2D eigenvalue weighted by molar-refractivity contribution is 0.102. The predicted octanol–water partition coefficient (Wildman–Crippen LogP) is 3.57. The standard InChI is InChI=1S/C20H15N5O2/c1-2-27-16-7-5-6-15(10-16)24-20(26)17-8-3-4-9-18(17)25-19(13-23)14(11-21)12-22/h3-10,25H,2H2,1H3,(H,24,26). The topological polar surface area (TPSA) is 122 Å². The van der Waals surface area contributed by atoms with Crippen LogP contribution in [-0.4, -0.2) is 12.5 Å². The number of carbonyl (C=O) groups is 1. The lowest BCUT2D eigenvalue weighted by Crippen LogP contribution is -2.15. The second-order valence-corrected chi connectivity index (χ2v) is 5.17. The minimum Gasteiger partial charge on any atom is -0.494 e. The third kappa shape index (κ3) is 4.85. The molecule has 2 rings (SSSR count). The van der Waals surface area contributed by atoms with E-state index in [1.807, 2.05) is 6.92 Å². The second kappa shape index (κ2) is 9.27. The van der Waals surface area contributed by atoms with Gasteiger partial charge in [-0.15, -0.1) is 0 Å². The lowest BCUT2D eigenvalue weighted by Gasteiger charge is -2.12. The van der Waals surface area contributed by atoms with E-state index in [4.69, 9.17) is 15.3 Å². The van der Waals surface area contributed by atoms with Crippen LogP contribution in [0.4, 0.5) is 11.4 Å². The number of benzene rings is 2. The Labute approximate surface area is 156 Å². The first kappa shape index (κ1) is 19.1. The maximum atomic E-state index is 12.7. The quantitative estimate of drug-likeness (QED) is 0.762. The molecule has 2 aromatic rings. The molecule has 132 valence electrons. The number of nitrogens with one attached hydrogen (secondary N) is 2. The van der Waals surface area contributed by atoms with Crippen LogP contribution in [0, 0.1) is 34.0 Å². The van der Waals surface area contributed by atoms with Crippen molar-refractivity contribution >= 4 is 17.3 Å². The Morgan fingerprint density at radius 1 is 1.00 bits per heavy atom. The van der Waals surface area contributed by atoms with Gasteiger partial charge in [-0.05, 0) is 31.2 Å². The largest absolute Gasteiger partial charge is 0.494 e. The third-order valence-corrected chi connectivity index (χ3v) is 3.42. The SMILES string of the molecule is CCOc1cccc(NC(=O)c2ccccc2NC(C#N)=C(C#N)C#N)c1. The third-order valence-electron chi connectivity index (χ3n) is 3.42. The Morgan fingerprint density at radius 3 is 2.41 bits per heavy atom. The van der Waals surface area contributed by atoms with E-state index in [0.717, 1.165) is 0 Å². The van der Waals surface area contributed by atoms with Gasteiger partial charge in [0.05, 0.1) is 17.9 Å². The fourth-order valence-electron chi connectivity index (χ4n) is 2.24. The molecule has 0 bridgehead atoms. The molecule has 0 aliphatic carbocycles. The van der Waals surface area contributed by atoms with Crippen molar-refractivity contribution in [3.63, 3.8) is 0 Å². The van der Waals surface area contributed by atoms with Crippen molar-refractivity contribution in [2.24, 2.45) is 0 Å². The first-order valence-corrected chi connectivity index (χ1v) is 7.97. The summed E-state index contributed by atoms with van der Waals surface area (Å²) in [6.07, 6.45) is 0. The van der Waals surface area contributed by atoms with Crippen molar-refractivity contribution in [3.8, 4) is 24.0 Å². The zero-order valence-electron chi connectivity index (χ0n) is 14.5. The van der Waals surface area contributed by atoms with Gasteiger partial charge in [-0.2, -0.15) is 15.8 Å². The summed E-state index contributed by atoms with van der Waals surface area (Å²) in [6, 6.07) is 18.5. The van der Waals surface area contributed by atoms with Gasteiger partial charge in [0.25, 0.3) is 5.91 Å². The van der Waals surface area contributed by atoms with Gasteiger partial charge < -0.3 is 15.4 Å². The van der Waals surface area contributed by atoms with Crippen molar-refractivity contribution in [3.05, 3.63) is 65.4 Å². The van der Waals surface area contributed by atoms with Crippen LogP contribution >= 0.6 is 0 Å². The van der Waals surface area contributed by atoms with E-state index in [1.165, 1.54) is 0 Å². The zero-order valence-corrected chi connectivity index (χ0v) is 14.5. The van der Waals surface area contributed by atoms with E-state index in [0.29, 0.717) is 23.7 Å². The molecular weight excluding hydrogens is 342 g/mol. The number of amides is 1. The molecule has 2 N–H and O–H groups in total. The molecule has 0 unspecified atom stereocenters. The van der Waals surface area contributed by atoms with Crippen molar-refractivity contribution in [2.75, 3.05) is 17.2 Å². The average Bonchev–Trinajstić information content (AvgIpc) is 2.69. The Morgan fingerprint density at radius 2 is 1.74 bits per heavy atom. The summed E-state index contributed by atoms with van der Waals surface area (Å²) in [5, 5.41) is 32.5. The molecule has 0 saturated heterocycles. The highest BCUT2D eigenvalue weighted by Gasteiger charge is 2.14. The molecule has 2 aromatic carbocycles. The first-order chi connectivity index (χ1) is 13.1. The van der Waals surface area contributed by atoms with Crippen LogP contribution in [0.1, 0.15) is 17.3 Å². The fourth-order valence-corrected chi connectivity index (χ4v) is 2.24. The van der Waals surface area contributed by atoms with Gasteiger partial charge in [0, 0.05) is 11.8 Å². The molecule has 0 radical (unpaired) electrons. The number of allylic oxidation sites excluding steroid dienone is 2. The molecule has 7 nitrogen and oxygen atoms in total. The van der Waals surface area contributed by atoms with Crippen molar-refractivity contribution in [1.29, 1.82) is 15.8 Å². The first-order valence-electron chi connectivity index (χ1n) is 7.97. The molecule has 0 fully saturated rings. The van der Waals surface area contributed by atoms with Crippen LogP contribution in [0.3, 0.4) is 0 Å². The normalized spacial score (nSPS) is 9.11. The number of nitrogens with zero attached hydrogens (tertiary/aromatic N) is 3. The van der Waals surface area contributed by atoms with E-state index < -0.39 is 5.91 Å². The second-order valence-electron chi connectivity index (χ2n) is 5.17. The monoisotopic (exact) mass is 357 g/mol. The number of hydrogen-bond acceptors (Lipinski definition) is 6. The van der Waals surface area contributed by atoms with Crippen LogP contribution in [0.15, 0.2) is 59.8 Å². The number of rotatable bonds is 6. The molecule has 0 heterocycles. The smallest absolute Gasteiger partial charge is 0.257 e. The molecule has 0 aromatic heterocycles. The fraction of sp³-hybridized carbons (Fsp3) is 0.100. The highest BCUT2D eigenvalue weighted by atomic mass is 16.5. The van der Waals surface area contributed by atoms with Gasteiger partial charge in [-0.1, -0.05) is 18.2 Å². The molecule has 0 spiro atoms. The molecule has 0 atom stereocenters. The molecule has 1 amide bonds.